The summed E-state index contributed by atoms with van der Waals surface area (Å²) in [4.78, 5) is 18.8. The van der Waals surface area contributed by atoms with Crippen LogP contribution in [0.2, 0.25) is 0 Å². The summed E-state index contributed by atoms with van der Waals surface area (Å²) in [6.45, 7) is 2.54. The minimum absolute atomic E-state index is 0.0450. The largest absolute Gasteiger partial charge is 0.495 e. The molecule has 1 amide bonds. The fourth-order valence-electron chi connectivity index (χ4n) is 2.61. The van der Waals surface area contributed by atoms with Crippen molar-refractivity contribution in [1.29, 1.82) is 0 Å². The van der Waals surface area contributed by atoms with Gasteiger partial charge >= 0.3 is 0 Å². The number of nitrogens with zero attached hydrogens (tertiary/aromatic N) is 3. The first-order valence-electron chi connectivity index (χ1n) is 7.20. The van der Waals surface area contributed by atoms with Crippen LogP contribution >= 0.6 is 11.5 Å². The standard InChI is InChI=1S/C15H18N4O2S/c1-10-16-15(22-18-10)17-11-6-5-9-19(14(11)20)12-7-3-4-8-13(12)21-2/h3-4,7-8,11H,5-6,9H2,1-2H3,(H,16,17,18). The predicted octanol–water partition coefficient (Wildman–Crippen LogP) is 2.46. The van der Waals surface area contributed by atoms with Gasteiger partial charge in [-0.3, -0.25) is 4.79 Å². The van der Waals surface area contributed by atoms with E-state index in [1.807, 2.05) is 31.2 Å². The van der Waals surface area contributed by atoms with E-state index in [4.69, 9.17) is 4.74 Å². The highest BCUT2D eigenvalue weighted by Gasteiger charge is 2.31. The van der Waals surface area contributed by atoms with Gasteiger partial charge in [-0.15, -0.1) is 0 Å². The summed E-state index contributed by atoms with van der Waals surface area (Å²) >= 11 is 1.28. The summed E-state index contributed by atoms with van der Waals surface area (Å²) in [6, 6.07) is 7.32. The summed E-state index contributed by atoms with van der Waals surface area (Å²) in [5, 5.41) is 3.89. The third-order valence-electron chi connectivity index (χ3n) is 3.64. The number of rotatable bonds is 4. The van der Waals surface area contributed by atoms with E-state index in [0.29, 0.717) is 17.4 Å². The molecule has 1 saturated heterocycles. The van der Waals surface area contributed by atoms with E-state index in [9.17, 15) is 4.79 Å². The van der Waals surface area contributed by atoms with E-state index in [0.717, 1.165) is 24.4 Å². The molecule has 1 aromatic heterocycles. The van der Waals surface area contributed by atoms with Crippen LogP contribution in [0, 0.1) is 6.92 Å². The lowest BCUT2D eigenvalue weighted by molar-refractivity contribution is -0.120. The van der Waals surface area contributed by atoms with Crippen molar-refractivity contribution in [1.82, 2.24) is 9.36 Å². The van der Waals surface area contributed by atoms with Crippen LogP contribution in [0.4, 0.5) is 10.8 Å². The van der Waals surface area contributed by atoms with Crippen molar-refractivity contribution in [2.75, 3.05) is 23.9 Å². The van der Waals surface area contributed by atoms with Crippen LogP contribution in [0.5, 0.6) is 5.75 Å². The van der Waals surface area contributed by atoms with Crippen molar-refractivity contribution in [3.63, 3.8) is 0 Å². The van der Waals surface area contributed by atoms with Gasteiger partial charge in [-0.1, -0.05) is 12.1 Å². The first kappa shape index (κ1) is 14.8. The van der Waals surface area contributed by atoms with Crippen molar-refractivity contribution >= 4 is 28.3 Å². The van der Waals surface area contributed by atoms with Crippen LogP contribution in [0.25, 0.3) is 0 Å². The first-order chi connectivity index (χ1) is 10.7. The maximum absolute atomic E-state index is 12.8. The van der Waals surface area contributed by atoms with Gasteiger partial charge in [0.1, 0.15) is 17.6 Å². The molecule has 22 heavy (non-hydrogen) atoms. The van der Waals surface area contributed by atoms with Crippen LogP contribution in [-0.2, 0) is 4.79 Å². The Balaban J connectivity index is 1.80. The smallest absolute Gasteiger partial charge is 0.249 e. The van der Waals surface area contributed by atoms with Crippen molar-refractivity contribution in [2.45, 2.75) is 25.8 Å². The Hall–Kier alpha value is -2.15. The molecule has 0 aliphatic carbocycles. The van der Waals surface area contributed by atoms with Crippen molar-refractivity contribution in [2.24, 2.45) is 0 Å². The quantitative estimate of drug-likeness (QED) is 0.938. The van der Waals surface area contributed by atoms with Crippen LogP contribution in [0.3, 0.4) is 0 Å². The van der Waals surface area contributed by atoms with E-state index in [1.54, 1.807) is 12.0 Å². The summed E-state index contributed by atoms with van der Waals surface area (Å²) in [7, 11) is 1.62. The van der Waals surface area contributed by atoms with E-state index in [-0.39, 0.29) is 11.9 Å². The minimum atomic E-state index is -0.272. The Morgan fingerprint density at radius 2 is 2.23 bits per heavy atom. The average Bonchev–Trinajstić information content (AvgIpc) is 2.94. The summed E-state index contributed by atoms with van der Waals surface area (Å²) in [6.07, 6.45) is 1.72. The molecule has 1 fully saturated rings. The number of ether oxygens (including phenoxy) is 1. The van der Waals surface area contributed by atoms with Gasteiger partial charge in [-0.25, -0.2) is 4.98 Å². The highest BCUT2D eigenvalue weighted by Crippen LogP contribution is 2.31. The molecule has 0 radical (unpaired) electrons. The number of aryl methyl sites for hydroxylation is 1. The molecule has 1 aromatic carbocycles. The molecule has 2 heterocycles. The zero-order chi connectivity index (χ0) is 15.5. The lowest BCUT2D eigenvalue weighted by atomic mass is 10.0. The highest BCUT2D eigenvalue weighted by molar-refractivity contribution is 7.09. The monoisotopic (exact) mass is 318 g/mol. The number of carbonyl (C=O) groups excluding carboxylic acids is 1. The molecule has 0 spiro atoms. The molecule has 7 heteroatoms. The van der Waals surface area contributed by atoms with Gasteiger partial charge < -0.3 is 15.0 Å². The van der Waals surface area contributed by atoms with Gasteiger partial charge in [-0.05, 0) is 31.9 Å². The number of methoxy groups -OCH3 is 1. The molecule has 0 bridgehead atoms. The van der Waals surface area contributed by atoms with Gasteiger partial charge in [0.15, 0.2) is 0 Å². The first-order valence-corrected chi connectivity index (χ1v) is 7.97. The molecule has 1 aliphatic rings. The Bertz CT molecular complexity index is 673. The fourth-order valence-corrected chi connectivity index (χ4v) is 3.23. The fraction of sp³-hybridized carbons (Fsp3) is 0.400. The van der Waals surface area contributed by atoms with Crippen molar-refractivity contribution in [3.8, 4) is 5.75 Å². The summed E-state index contributed by atoms with van der Waals surface area (Å²) in [5.41, 5.74) is 0.815. The molecule has 1 aliphatic heterocycles. The Labute approximate surface area is 133 Å². The topological polar surface area (TPSA) is 67.3 Å². The maximum Gasteiger partial charge on any atom is 0.249 e. The third kappa shape index (κ3) is 2.89. The van der Waals surface area contributed by atoms with Crippen LogP contribution in [-0.4, -0.2) is 35.0 Å². The predicted molar refractivity (Wildman–Crippen MR) is 86.6 cm³/mol. The van der Waals surface area contributed by atoms with Crippen LogP contribution in [0.1, 0.15) is 18.7 Å². The van der Waals surface area contributed by atoms with E-state index in [2.05, 4.69) is 14.7 Å². The van der Waals surface area contributed by atoms with Gasteiger partial charge in [0.05, 0.1) is 12.8 Å². The SMILES string of the molecule is COc1ccccc1N1CCCC(Nc2nc(C)ns2)C1=O. The van der Waals surface area contributed by atoms with E-state index < -0.39 is 0 Å². The van der Waals surface area contributed by atoms with E-state index >= 15 is 0 Å². The number of aromatic nitrogens is 2. The zero-order valence-electron chi connectivity index (χ0n) is 12.6. The van der Waals surface area contributed by atoms with Gasteiger partial charge in [0.25, 0.3) is 0 Å². The second kappa shape index (κ2) is 6.31. The number of anilines is 2. The summed E-state index contributed by atoms with van der Waals surface area (Å²) in [5.74, 6) is 1.48. The van der Waals surface area contributed by atoms with Gasteiger partial charge in [-0.2, -0.15) is 4.37 Å². The van der Waals surface area contributed by atoms with Gasteiger partial charge in [0, 0.05) is 18.1 Å². The molecular formula is C15H18N4O2S. The number of hydrogen-bond donors (Lipinski definition) is 1. The van der Waals surface area contributed by atoms with Gasteiger partial charge in [0.2, 0.25) is 11.0 Å². The van der Waals surface area contributed by atoms with E-state index in [1.165, 1.54) is 11.5 Å². The Kier molecular flexibility index (Phi) is 4.24. The second-order valence-corrected chi connectivity index (χ2v) is 5.90. The molecule has 1 N–H and O–H groups in total. The van der Waals surface area contributed by atoms with Crippen LogP contribution in [0.15, 0.2) is 24.3 Å². The molecule has 2 aromatic rings. The number of piperidine rings is 1. The van der Waals surface area contributed by atoms with Crippen molar-refractivity contribution in [3.05, 3.63) is 30.1 Å². The molecule has 3 rings (SSSR count). The molecule has 6 nitrogen and oxygen atoms in total. The average molecular weight is 318 g/mol. The number of benzene rings is 1. The second-order valence-electron chi connectivity index (χ2n) is 5.15. The molecule has 1 atom stereocenters. The lowest BCUT2D eigenvalue weighted by Gasteiger charge is -2.33. The maximum atomic E-state index is 12.8. The Morgan fingerprint density at radius 1 is 1.41 bits per heavy atom. The molecular weight excluding hydrogens is 300 g/mol. The number of nitrogens with one attached hydrogen (secondary N) is 1. The molecule has 1 unspecified atom stereocenters. The number of para-hydroxylation sites is 2. The number of amides is 1. The number of hydrogen-bond acceptors (Lipinski definition) is 6. The molecule has 0 saturated carbocycles. The minimum Gasteiger partial charge on any atom is -0.495 e. The highest BCUT2D eigenvalue weighted by atomic mass is 32.1. The normalized spacial score (nSPS) is 18.4. The number of carbonyl (C=O) groups is 1. The zero-order valence-corrected chi connectivity index (χ0v) is 13.4. The van der Waals surface area contributed by atoms with Crippen LogP contribution < -0.4 is 15.0 Å². The lowest BCUT2D eigenvalue weighted by Crippen LogP contribution is -2.47. The summed E-state index contributed by atoms with van der Waals surface area (Å²) < 4.78 is 9.50. The van der Waals surface area contributed by atoms with Crippen molar-refractivity contribution < 1.29 is 9.53 Å². The molecule has 116 valence electrons. The Morgan fingerprint density at radius 3 is 2.95 bits per heavy atom. The third-order valence-corrected chi connectivity index (χ3v) is 4.38.